The monoisotopic (exact) mass is 264 g/mol. The van der Waals surface area contributed by atoms with Crippen LogP contribution in [0.25, 0.3) is 0 Å². The molecule has 1 saturated heterocycles. The minimum atomic E-state index is 0.711. The third-order valence-electron chi connectivity index (χ3n) is 3.54. The largest absolute Gasteiger partial charge is 0.494 e. The van der Waals surface area contributed by atoms with Crippen molar-refractivity contribution in [3.8, 4) is 5.75 Å². The number of hydrogen-bond donors (Lipinski definition) is 1. The Morgan fingerprint density at radius 1 is 1.32 bits per heavy atom. The minimum Gasteiger partial charge on any atom is -0.494 e. The second-order valence-corrected chi connectivity index (χ2v) is 5.18. The summed E-state index contributed by atoms with van der Waals surface area (Å²) in [5, 5.41) is 0. The molecule has 19 heavy (non-hydrogen) atoms. The van der Waals surface area contributed by atoms with Gasteiger partial charge in [0.1, 0.15) is 5.75 Å². The fourth-order valence-corrected chi connectivity index (χ4v) is 2.53. The van der Waals surface area contributed by atoms with E-state index < -0.39 is 0 Å². The third kappa shape index (κ3) is 4.73. The van der Waals surface area contributed by atoms with E-state index in [-0.39, 0.29) is 0 Å². The zero-order chi connectivity index (χ0) is 13.5. The first-order valence-corrected chi connectivity index (χ1v) is 6.97. The number of benzene rings is 1. The number of ether oxygens (including phenoxy) is 2. The molecule has 0 aromatic heterocycles. The van der Waals surface area contributed by atoms with Crippen LogP contribution in [0.15, 0.2) is 24.3 Å². The predicted molar refractivity (Wildman–Crippen MR) is 77.4 cm³/mol. The summed E-state index contributed by atoms with van der Waals surface area (Å²) in [4.78, 5) is 2.50. The van der Waals surface area contributed by atoms with Crippen molar-refractivity contribution in [1.82, 2.24) is 4.90 Å². The lowest BCUT2D eigenvalue weighted by atomic mass is 10.1. The van der Waals surface area contributed by atoms with E-state index in [2.05, 4.69) is 4.90 Å². The summed E-state index contributed by atoms with van der Waals surface area (Å²) in [7, 11) is 1.78. The summed E-state index contributed by atoms with van der Waals surface area (Å²) in [6.07, 6.45) is 2.32. The van der Waals surface area contributed by atoms with Crippen LogP contribution in [0.3, 0.4) is 0 Å². The van der Waals surface area contributed by atoms with Crippen LogP contribution < -0.4 is 10.5 Å². The highest BCUT2D eigenvalue weighted by Crippen LogP contribution is 2.17. The van der Waals surface area contributed by atoms with Crippen molar-refractivity contribution in [2.45, 2.75) is 12.8 Å². The van der Waals surface area contributed by atoms with E-state index in [1.807, 2.05) is 24.3 Å². The molecule has 0 spiro atoms. The van der Waals surface area contributed by atoms with Gasteiger partial charge in [0.15, 0.2) is 0 Å². The molecule has 4 nitrogen and oxygen atoms in total. The zero-order valence-corrected chi connectivity index (χ0v) is 11.7. The van der Waals surface area contributed by atoms with Gasteiger partial charge in [0.2, 0.25) is 0 Å². The molecule has 106 valence electrons. The molecular formula is C15H24N2O2. The van der Waals surface area contributed by atoms with Gasteiger partial charge in [0.25, 0.3) is 0 Å². The molecule has 4 heteroatoms. The van der Waals surface area contributed by atoms with Crippen LogP contribution in [0.1, 0.15) is 12.8 Å². The SMILES string of the molecule is COCC1CCN(CCCOc2ccc(N)cc2)C1. The molecule has 2 rings (SSSR count). The second kappa shape index (κ2) is 7.36. The van der Waals surface area contributed by atoms with Gasteiger partial charge in [-0.1, -0.05) is 0 Å². The van der Waals surface area contributed by atoms with Gasteiger partial charge in [-0.3, -0.25) is 0 Å². The molecule has 1 aliphatic heterocycles. The van der Waals surface area contributed by atoms with Crippen molar-refractivity contribution in [2.24, 2.45) is 5.92 Å². The predicted octanol–water partition coefficient (Wildman–Crippen LogP) is 2.01. The number of nitrogens with two attached hydrogens (primary N) is 1. The summed E-state index contributed by atoms with van der Waals surface area (Å²) < 4.78 is 10.9. The number of nitrogens with zero attached hydrogens (tertiary/aromatic N) is 1. The lowest BCUT2D eigenvalue weighted by Crippen LogP contribution is -2.24. The second-order valence-electron chi connectivity index (χ2n) is 5.18. The van der Waals surface area contributed by atoms with Crippen LogP contribution in [0.2, 0.25) is 0 Å². The summed E-state index contributed by atoms with van der Waals surface area (Å²) in [5.41, 5.74) is 6.40. The van der Waals surface area contributed by atoms with E-state index in [1.54, 1.807) is 7.11 Å². The summed E-state index contributed by atoms with van der Waals surface area (Å²) >= 11 is 0. The number of likely N-dealkylation sites (tertiary alicyclic amines) is 1. The number of rotatable bonds is 7. The first-order chi connectivity index (χ1) is 9.28. The summed E-state index contributed by atoms with van der Waals surface area (Å²) in [6, 6.07) is 7.57. The number of anilines is 1. The van der Waals surface area contributed by atoms with Gasteiger partial charge in [-0.05, 0) is 49.6 Å². The number of nitrogen functional groups attached to an aromatic ring is 1. The zero-order valence-electron chi connectivity index (χ0n) is 11.7. The van der Waals surface area contributed by atoms with Crippen molar-refractivity contribution in [3.63, 3.8) is 0 Å². The average molecular weight is 264 g/mol. The highest BCUT2D eigenvalue weighted by atomic mass is 16.5. The van der Waals surface area contributed by atoms with Gasteiger partial charge in [0, 0.05) is 25.9 Å². The van der Waals surface area contributed by atoms with Gasteiger partial charge >= 0.3 is 0 Å². The molecule has 0 saturated carbocycles. The molecule has 1 aromatic rings. The topological polar surface area (TPSA) is 47.7 Å². The van der Waals surface area contributed by atoms with Crippen molar-refractivity contribution >= 4 is 5.69 Å². The van der Waals surface area contributed by atoms with Crippen LogP contribution >= 0.6 is 0 Å². The maximum absolute atomic E-state index is 5.69. The van der Waals surface area contributed by atoms with Crippen molar-refractivity contribution in [2.75, 3.05) is 45.7 Å². The Morgan fingerprint density at radius 2 is 2.11 bits per heavy atom. The highest BCUT2D eigenvalue weighted by molar-refractivity contribution is 5.41. The van der Waals surface area contributed by atoms with E-state index in [9.17, 15) is 0 Å². The Bertz CT molecular complexity index is 367. The Morgan fingerprint density at radius 3 is 2.84 bits per heavy atom. The Balaban J connectivity index is 1.58. The standard InChI is InChI=1S/C15H24N2O2/c1-18-12-13-7-9-17(11-13)8-2-10-19-15-5-3-14(16)4-6-15/h3-6,13H,2,7-12,16H2,1H3. The average Bonchev–Trinajstić information content (AvgIpc) is 2.85. The molecular weight excluding hydrogens is 240 g/mol. The van der Waals surface area contributed by atoms with Crippen LogP contribution in [-0.4, -0.2) is 44.9 Å². The Kier molecular flexibility index (Phi) is 5.48. The molecule has 0 radical (unpaired) electrons. The Labute approximate surface area is 115 Å². The van der Waals surface area contributed by atoms with Crippen LogP contribution in [0.4, 0.5) is 5.69 Å². The van der Waals surface area contributed by atoms with Gasteiger partial charge in [-0.15, -0.1) is 0 Å². The van der Waals surface area contributed by atoms with E-state index in [0.717, 1.165) is 44.2 Å². The molecule has 2 N–H and O–H groups in total. The lowest BCUT2D eigenvalue weighted by molar-refractivity contribution is 0.152. The fraction of sp³-hybridized carbons (Fsp3) is 0.600. The van der Waals surface area contributed by atoms with Crippen LogP contribution in [0, 0.1) is 5.92 Å². The van der Waals surface area contributed by atoms with E-state index in [4.69, 9.17) is 15.2 Å². The van der Waals surface area contributed by atoms with Gasteiger partial charge in [-0.25, -0.2) is 0 Å². The van der Waals surface area contributed by atoms with E-state index in [1.165, 1.54) is 13.0 Å². The molecule has 1 heterocycles. The molecule has 1 aliphatic rings. The van der Waals surface area contributed by atoms with E-state index in [0.29, 0.717) is 5.92 Å². The first kappa shape index (κ1) is 14.2. The molecule has 1 unspecified atom stereocenters. The molecule has 0 aliphatic carbocycles. The van der Waals surface area contributed by atoms with Crippen LogP contribution in [0.5, 0.6) is 5.75 Å². The maximum atomic E-state index is 5.69. The van der Waals surface area contributed by atoms with Crippen LogP contribution in [-0.2, 0) is 4.74 Å². The number of hydrogen-bond acceptors (Lipinski definition) is 4. The summed E-state index contributed by atoms with van der Waals surface area (Å²) in [6.45, 7) is 5.11. The quantitative estimate of drug-likeness (QED) is 0.604. The maximum Gasteiger partial charge on any atom is 0.119 e. The van der Waals surface area contributed by atoms with Crippen molar-refractivity contribution in [3.05, 3.63) is 24.3 Å². The van der Waals surface area contributed by atoms with Crippen molar-refractivity contribution < 1.29 is 9.47 Å². The third-order valence-corrected chi connectivity index (χ3v) is 3.54. The smallest absolute Gasteiger partial charge is 0.119 e. The lowest BCUT2D eigenvalue weighted by Gasteiger charge is -2.16. The number of methoxy groups -OCH3 is 1. The normalized spacial score (nSPS) is 19.7. The van der Waals surface area contributed by atoms with Gasteiger partial charge < -0.3 is 20.1 Å². The van der Waals surface area contributed by atoms with Gasteiger partial charge in [-0.2, -0.15) is 0 Å². The molecule has 1 atom stereocenters. The Hall–Kier alpha value is -1.26. The fourth-order valence-electron chi connectivity index (χ4n) is 2.53. The minimum absolute atomic E-state index is 0.711. The highest BCUT2D eigenvalue weighted by Gasteiger charge is 2.21. The van der Waals surface area contributed by atoms with Crippen molar-refractivity contribution in [1.29, 1.82) is 0 Å². The molecule has 0 bridgehead atoms. The first-order valence-electron chi connectivity index (χ1n) is 6.97. The molecule has 1 fully saturated rings. The summed E-state index contributed by atoms with van der Waals surface area (Å²) in [5.74, 6) is 1.61. The van der Waals surface area contributed by atoms with Gasteiger partial charge in [0.05, 0.1) is 13.2 Å². The molecule has 1 aromatic carbocycles. The molecule has 0 amide bonds. The van der Waals surface area contributed by atoms with E-state index >= 15 is 0 Å².